The summed E-state index contributed by atoms with van der Waals surface area (Å²) in [6.45, 7) is -0.753. The summed E-state index contributed by atoms with van der Waals surface area (Å²) in [7, 11) is 0. The van der Waals surface area contributed by atoms with Gasteiger partial charge in [0.2, 0.25) is 0 Å². The molecule has 0 aliphatic carbocycles. The van der Waals surface area contributed by atoms with Crippen LogP contribution in [0.4, 0.5) is 0 Å². The summed E-state index contributed by atoms with van der Waals surface area (Å²) in [6.07, 6.45) is -14.4. The van der Waals surface area contributed by atoms with Gasteiger partial charge in [-0.2, -0.15) is 0 Å². The fourth-order valence-electron chi connectivity index (χ4n) is 4.36. The number of hydrogen-bond acceptors (Lipinski definition) is 16. The fourth-order valence-corrected chi connectivity index (χ4v) is 5.07. The summed E-state index contributed by atoms with van der Waals surface area (Å²) in [5, 5.41) is 81.5. The Hall–Kier alpha value is 0.0900. The zero-order valence-electron chi connectivity index (χ0n) is 19.4. The number of halogens is 1. The first-order chi connectivity index (χ1) is 16.7. The van der Waals surface area contributed by atoms with Crippen molar-refractivity contribution in [1.82, 2.24) is 0 Å². The predicted molar refractivity (Wildman–Crippen MR) is 125 cm³/mol. The molecule has 0 spiro atoms. The number of rotatable bonds is 7. The zero-order valence-corrected chi connectivity index (χ0v) is 21.5. The second-order valence-electron chi connectivity index (χ2n) is 9.38. The summed E-state index contributed by atoms with van der Waals surface area (Å²) in [4.78, 5) is 0. The average Bonchev–Trinajstić information content (AvgIpc) is 2.85. The van der Waals surface area contributed by atoms with E-state index in [1.54, 1.807) is 0 Å². The summed E-state index contributed by atoms with van der Waals surface area (Å²) < 4.78 is 25.9. The first kappa shape index (κ1) is 30.6. The molecule has 0 bridgehead atoms. The van der Waals surface area contributed by atoms with Crippen molar-refractivity contribution in [2.45, 2.75) is 95.9 Å². The van der Waals surface area contributed by atoms with Gasteiger partial charge in [-0.05, 0) is 29.5 Å². The van der Waals surface area contributed by atoms with Gasteiger partial charge in [0.1, 0.15) is 48.3 Å². The van der Waals surface area contributed by atoms with Gasteiger partial charge in [0.25, 0.3) is 0 Å². The van der Waals surface area contributed by atoms with Gasteiger partial charge in [0.15, 0.2) is 22.5 Å². The van der Waals surface area contributed by atoms with Crippen molar-refractivity contribution >= 4 is 22.6 Å². The molecule has 3 fully saturated rings. The first-order valence-electron chi connectivity index (χ1n) is 11.3. The van der Waals surface area contributed by atoms with E-state index < -0.39 is 109 Å². The van der Waals surface area contributed by atoms with Crippen LogP contribution in [0.2, 0.25) is 0 Å². The molecule has 0 aromatic carbocycles. The molecule has 14 N–H and O–H groups in total. The van der Waals surface area contributed by atoms with E-state index in [0.29, 0.717) is 0 Å². The van der Waals surface area contributed by atoms with Crippen LogP contribution in [0.25, 0.3) is 0 Å². The van der Waals surface area contributed by atoms with Gasteiger partial charge in [0.05, 0.1) is 37.9 Å². The standard InChI is InChI=1S/C19H36IN3O13/c1-18(4-26)19(20,31)14(29)9(23)17(36-18)35-13-6(3-25)33-16(8(22)11(13)28)34-12-5(2-24)32-15(30)7(21)10(12)27/h5-17,24-31H,2-4,21-23H2,1H3/t5-,6-,7-,8-,9-,10-,11-,12?,13?,14-,15-,16+,17+,18-,19-/m1/s1. The molecule has 0 amide bonds. The Morgan fingerprint density at radius 1 is 0.806 bits per heavy atom. The van der Waals surface area contributed by atoms with E-state index in [2.05, 4.69) is 0 Å². The summed E-state index contributed by atoms with van der Waals surface area (Å²) in [6, 6.07) is -3.96. The second kappa shape index (κ2) is 11.7. The van der Waals surface area contributed by atoms with Crippen molar-refractivity contribution in [1.29, 1.82) is 0 Å². The SMILES string of the molecule is C[C@]1(CO)O[C@H](OC2[C@@H](CO)O[C@@H](OC3[C@@H](CO)O[C@@H](O)[C@H](N)[C@H]3O)[C@H](N)[C@H]2O)[C@H](N)[C@@H](O)[C@]1(O)I. The number of hydrogen-bond donors (Lipinski definition) is 11. The molecule has 0 aromatic heterocycles. The molecule has 3 aliphatic heterocycles. The molecule has 17 heteroatoms. The molecule has 0 aromatic rings. The molecule has 15 atom stereocenters. The third-order valence-electron chi connectivity index (χ3n) is 6.89. The lowest BCUT2D eigenvalue weighted by molar-refractivity contribution is -0.360. The van der Waals surface area contributed by atoms with Crippen molar-refractivity contribution < 1.29 is 64.5 Å². The highest BCUT2D eigenvalue weighted by atomic mass is 127. The van der Waals surface area contributed by atoms with Crippen LogP contribution in [0.3, 0.4) is 0 Å². The molecular formula is C19H36IN3O13. The Balaban J connectivity index is 1.76. The largest absolute Gasteiger partial charge is 0.394 e. The molecule has 36 heavy (non-hydrogen) atoms. The number of ether oxygens (including phenoxy) is 5. The molecule has 0 saturated carbocycles. The second-order valence-corrected chi connectivity index (χ2v) is 11.0. The number of nitrogens with two attached hydrogens (primary N) is 3. The minimum Gasteiger partial charge on any atom is -0.394 e. The van der Waals surface area contributed by atoms with E-state index in [1.807, 2.05) is 0 Å². The number of alkyl halides is 1. The van der Waals surface area contributed by atoms with Crippen LogP contribution >= 0.6 is 22.6 Å². The van der Waals surface area contributed by atoms with Crippen molar-refractivity contribution in [3.05, 3.63) is 0 Å². The molecule has 3 aliphatic rings. The first-order valence-corrected chi connectivity index (χ1v) is 12.3. The molecule has 212 valence electrons. The van der Waals surface area contributed by atoms with E-state index in [9.17, 15) is 40.9 Å². The number of aliphatic hydroxyl groups excluding tert-OH is 7. The minimum atomic E-state index is -1.98. The lowest BCUT2D eigenvalue weighted by Crippen LogP contribution is -2.73. The molecule has 16 nitrogen and oxygen atoms in total. The van der Waals surface area contributed by atoms with Gasteiger partial charge in [0, 0.05) is 0 Å². The van der Waals surface area contributed by atoms with E-state index in [-0.39, 0.29) is 0 Å². The Labute approximate surface area is 219 Å². The third kappa shape index (κ3) is 5.41. The molecule has 2 unspecified atom stereocenters. The van der Waals surface area contributed by atoms with E-state index >= 15 is 0 Å². The maximum atomic E-state index is 10.9. The van der Waals surface area contributed by atoms with Gasteiger partial charge in [-0.3, -0.25) is 0 Å². The van der Waals surface area contributed by atoms with Gasteiger partial charge >= 0.3 is 0 Å². The molecular weight excluding hydrogens is 605 g/mol. The predicted octanol–water partition coefficient (Wildman–Crippen LogP) is -6.52. The third-order valence-corrected chi connectivity index (χ3v) is 8.67. The molecule has 3 heterocycles. The molecule has 3 rings (SSSR count). The Morgan fingerprint density at radius 2 is 1.31 bits per heavy atom. The van der Waals surface area contributed by atoms with Crippen molar-refractivity contribution in [3.63, 3.8) is 0 Å². The fraction of sp³-hybridized carbons (Fsp3) is 1.00. The maximum Gasteiger partial charge on any atom is 0.176 e. The average molecular weight is 641 g/mol. The van der Waals surface area contributed by atoms with Gasteiger partial charge in [-0.15, -0.1) is 0 Å². The van der Waals surface area contributed by atoms with Crippen LogP contribution in [0.5, 0.6) is 0 Å². The number of aliphatic hydroxyl groups is 8. The highest BCUT2D eigenvalue weighted by Crippen LogP contribution is 2.43. The van der Waals surface area contributed by atoms with E-state index in [4.69, 9.17) is 40.9 Å². The maximum absolute atomic E-state index is 10.9. The van der Waals surface area contributed by atoms with Gasteiger partial charge in [-0.1, -0.05) is 0 Å². The summed E-state index contributed by atoms with van der Waals surface area (Å²) in [5.74, 6) is 0. The minimum absolute atomic E-state index is 0.656. The summed E-state index contributed by atoms with van der Waals surface area (Å²) in [5.41, 5.74) is 16.1. The van der Waals surface area contributed by atoms with Crippen molar-refractivity contribution in [3.8, 4) is 0 Å². The van der Waals surface area contributed by atoms with Gasteiger partial charge < -0.3 is 81.7 Å². The molecule has 0 radical (unpaired) electrons. The Kier molecular flexibility index (Phi) is 9.94. The quantitative estimate of drug-likeness (QED) is 0.0910. The van der Waals surface area contributed by atoms with Crippen LogP contribution in [0.15, 0.2) is 0 Å². The van der Waals surface area contributed by atoms with Gasteiger partial charge in [-0.25, -0.2) is 0 Å². The van der Waals surface area contributed by atoms with E-state index in [0.717, 1.165) is 0 Å². The van der Waals surface area contributed by atoms with Crippen LogP contribution in [-0.2, 0) is 23.7 Å². The Bertz CT molecular complexity index is 739. The zero-order chi connectivity index (χ0) is 27.2. The van der Waals surface area contributed by atoms with Crippen LogP contribution in [0, 0.1) is 0 Å². The van der Waals surface area contributed by atoms with Crippen molar-refractivity contribution in [2.24, 2.45) is 17.2 Å². The highest BCUT2D eigenvalue weighted by molar-refractivity contribution is 14.1. The van der Waals surface area contributed by atoms with Crippen LogP contribution in [-0.4, -0.2) is 150 Å². The Morgan fingerprint density at radius 3 is 1.83 bits per heavy atom. The topological polar surface area (TPSA) is 286 Å². The van der Waals surface area contributed by atoms with Crippen LogP contribution in [0.1, 0.15) is 6.92 Å². The normalized spacial score (nSPS) is 54.4. The highest BCUT2D eigenvalue weighted by Gasteiger charge is 2.61. The lowest BCUT2D eigenvalue weighted by atomic mass is 9.87. The van der Waals surface area contributed by atoms with E-state index in [1.165, 1.54) is 29.5 Å². The smallest absolute Gasteiger partial charge is 0.176 e. The van der Waals surface area contributed by atoms with Crippen LogP contribution < -0.4 is 17.2 Å². The summed E-state index contributed by atoms with van der Waals surface area (Å²) >= 11 is 1.51. The monoisotopic (exact) mass is 641 g/mol. The molecule has 3 saturated heterocycles. The van der Waals surface area contributed by atoms with Crippen molar-refractivity contribution in [2.75, 3.05) is 19.8 Å². The lowest BCUT2D eigenvalue weighted by Gasteiger charge is -2.53.